The Morgan fingerprint density at radius 3 is 2.44 bits per heavy atom. The van der Waals surface area contributed by atoms with Gasteiger partial charge in [0, 0.05) is 47.4 Å². The maximum Gasteiger partial charge on any atom is 0.417 e. The fourth-order valence-corrected chi connectivity index (χ4v) is 8.18. The molecule has 2 atom stereocenters. The summed E-state index contributed by atoms with van der Waals surface area (Å²) in [5, 5.41) is 2.82. The lowest BCUT2D eigenvalue weighted by Gasteiger charge is -2.31. The molecular weight excluding hydrogens is 603 g/mol. The summed E-state index contributed by atoms with van der Waals surface area (Å²) in [4.78, 5) is 29.2. The van der Waals surface area contributed by atoms with E-state index in [0.29, 0.717) is 47.5 Å². The summed E-state index contributed by atoms with van der Waals surface area (Å²) in [6.07, 6.45) is 7.21. The van der Waals surface area contributed by atoms with Gasteiger partial charge in [0.2, 0.25) is 11.5 Å². The van der Waals surface area contributed by atoms with Crippen molar-refractivity contribution in [3.8, 4) is 0 Å². The zero-order chi connectivity index (χ0) is 32.2. The second kappa shape index (κ2) is 13.8. The second-order valence-electron chi connectivity index (χ2n) is 12.4. The van der Waals surface area contributed by atoms with Gasteiger partial charge in [0.1, 0.15) is 0 Å². The number of rotatable bonds is 10. The van der Waals surface area contributed by atoms with Crippen LogP contribution < -0.4 is 15.8 Å². The number of anilines is 1. The van der Waals surface area contributed by atoms with Gasteiger partial charge in [-0.3, -0.25) is 9.59 Å². The van der Waals surface area contributed by atoms with E-state index in [9.17, 15) is 31.2 Å². The molecule has 242 valence electrons. The van der Waals surface area contributed by atoms with Crippen LogP contribution in [0.3, 0.4) is 0 Å². The van der Waals surface area contributed by atoms with Crippen LogP contribution in [-0.4, -0.2) is 43.7 Å². The summed E-state index contributed by atoms with van der Waals surface area (Å²) in [7, 11) is -3.35. The van der Waals surface area contributed by atoms with E-state index in [1.165, 1.54) is 37.5 Å². The van der Waals surface area contributed by atoms with Gasteiger partial charge in [-0.05, 0) is 80.5 Å². The summed E-state index contributed by atoms with van der Waals surface area (Å²) in [5.41, 5.74) is -0.281. The number of aromatic amines is 1. The second-order valence-corrected chi connectivity index (χ2v) is 14.5. The Labute approximate surface area is 261 Å². The Balaban J connectivity index is 1.15. The average molecular weight is 644 g/mol. The number of nitrogens with one attached hydrogen (secondary N) is 2. The van der Waals surface area contributed by atoms with Crippen molar-refractivity contribution in [1.29, 1.82) is 0 Å². The molecule has 1 amide bonds. The molecule has 7 nitrogen and oxygen atoms in total. The van der Waals surface area contributed by atoms with Crippen LogP contribution in [0.2, 0.25) is 0 Å². The van der Waals surface area contributed by atoms with Gasteiger partial charge >= 0.3 is 6.18 Å². The van der Waals surface area contributed by atoms with E-state index in [1.807, 2.05) is 6.92 Å². The molecule has 2 aliphatic rings. The third-order valence-corrected chi connectivity index (χ3v) is 10.9. The number of carbonyl (C=O) groups excluding carboxylic acids is 1. The summed E-state index contributed by atoms with van der Waals surface area (Å²) < 4.78 is 66.7. The van der Waals surface area contributed by atoms with Crippen LogP contribution in [0, 0.1) is 5.92 Å². The van der Waals surface area contributed by atoms with Gasteiger partial charge in [0.05, 0.1) is 16.2 Å². The number of pyridine rings is 1. The first kappa shape index (κ1) is 32.8. The highest BCUT2D eigenvalue weighted by molar-refractivity contribution is 7.91. The van der Waals surface area contributed by atoms with Gasteiger partial charge in [0.25, 0.3) is 0 Å². The van der Waals surface area contributed by atoms with E-state index in [4.69, 9.17) is 0 Å². The van der Waals surface area contributed by atoms with Gasteiger partial charge in [-0.2, -0.15) is 13.2 Å². The van der Waals surface area contributed by atoms with Gasteiger partial charge in [-0.1, -0.05) is 44.2 Å². The topological polar surface area (TPSA) is 99.3 Å². The number of alkyl halides is 3. The Morgan fingerprint density at radius 2 is 1.73 bits per heavy atom. The van der Waals surface area contributed by atoms with Crippen molar-refractivity contribution < 1.29 is 26.4 Å². The molecule has 2 aromatic carbocycles. The van der Waals surface area contributed by atoms with Crippen molar-refractivity contribution in [3.63, 3.8) is 0 Å². The molecule has 11 heteroatoms. The summed E-state index contributed by atoms with van der Waals surface area (Å²) >= 11 is 0. The number of hydrogen-bond donors (Lipinski definition) is 2. The molecule has 1 aromatic heterocycles. The van der Waals surface area contributed by atoms with Crippen molar-refractivity contribution in [3.05, 3.63) is 76.1 Å². The first-order valence-corrected chi connectivity index (χ1v) is 17.4. The molecule has 2 N–H and O–H groups in total. The number of benzene rings is 2. The number of sulfone groups is 1. The van der Waals surface area contributed by atoms with Crippen LogP contribution >= 0.6 is 0 Å². The predicted octanol–water partition coefficient (Wildman–Crippen LogP) is 6.87. The van der Waals surface area contributed by atoms with Crippen molar-refractivity contribution >= 4 is 38.4 Å². The van der Waals surface area contributed by atoms with Gasteiger partial charge in [-0.15, -0.1) is 0 Å². The van der Waals surface area contributed by atoms with Crippen LogP contribution in [0.1, 0.15) is 75.8 Å². The molecule has 1 saturated carbocycles. The monoisotopic (exact) mass is 643 g/mol. The van der Waals surface area contributed by atoms with Crippen LogP contribution in [-0.2, 0) is 20.8 Å². The summed E-state index contributed by atoms with van der Waals surface area (Å²) in [6.45, 7) is 2.40. The molecule has 3 aromatic rings. The molecule has 1 aliphatic carbocycles. The number of halogens is 3. The van der Waals surface area contributed by atoms with Crippen LogP contribution in [0.15, 0.2) is 64.3 Å². The van der Waals surface area contributed by atoms with E-state index < -0.39 is 27.1 Å². The van der Waals surface area contributed by atoms with Crippen molar-refractivity contribution in [2.45, 2.75) is 87.9 Å². The van der Waals surface area contributed by atoms with Crippen molar-refractivity contribution in [2.75, 3.05) is 17.2 Å². The van der Waals surface area contributed by atoms with E-state index in [-0.39, 0.29) is 34.6 Å². The maximum absolute atomic E-state index is 13.7. The smallest absolute Gasteiger partial charge is 0.366 e. The lowest BCUT2D eigenvalue weighted by Crippen LogP contribution is -2.37. The number of nitrogens with zero attached hydrogens (tertiary/aromatic N) is 1. The van der Waals surface area contributed by atoms with Gasteiger partial charge < -0.3 is 15.2 Å². The lowest BCUT2D eigenvalue weighted by atomic mass is 9.88. The number of fused-ring (bicyclic) bond motifs is 1. The molecule has 45 heavy (non-hydrogen) atoms. The van der Waals surface area contributed by atoms with Crippen LogP contribution in [0.5, 0.6) is 0 Å². The molecular formula is C34H40F3N3O4S. The third-order valence-electron chi connectivity index (χ3n) is 9.18. The van der Waals surface area contributed by atoms with Crippen LogP contribution in [0.4, 0.5) is 18.9 Å². The van der Waals surface area contributed by atoms with E-state index in [2.05, 4.69) is 15.2 Å². The zero-order valence-corrected chi connectivity index (χ0v) is 26.2. The average Bonchev–Trinajstić information content (AvgIpc) is 3.38. The molecule has 0 unspecified atom stereocenters. The summed E-state index contributed by atoms with van der Waals surface area (Å²) in [6, 6.07) is 12.0. The third kappa shape index (κ3) is 8.17. The number of amides is 1. The van der Waals surface area contributed by atoms with Gasteiger partial charge in [-0.25, -0.2) is 8.42 Å². The molecule has 1 saturated heterocycles. The summed E-state index contributed by atoms with van der Waals surface area (Å²) in [5.74, 6) is 0.358. The minimum atomic E-state index is -4.66. The Hall–Kier alpha value is -3.60. The quantitative estimate of drug-likeness (QED) is 0.235. The van der Waals surface area contributed by atoms with Crippen molar-refractivity contribution in [2.24, 2.45) is 5.92 Å². The zero-order valence-electron chi connectivity index (χ0n) is 25.4. The standard InChI is InChI=1S/C34H40F3N3O4S/c1-23-7-11-26(40(23)27-12-15-31-29(21-27)30(34(35,36)37)22-33(42)39-31)17-19-38-32(41)16-10-25-8-13-28(14-9-25)45(43,44)20-18-24-5-3-2-4-6-24/h8-10,12-16,21-24,26H,2-7,11,17-20H2,1H3,(H,38,41)(H,39,42)/t23-,26-/m1/s1. The highest BCUT2D eigenvalue weighted by Crippen LogP contribution is 2.38. The molecule has 2 fully saturated rings. The number of carbonyl (C=O) groups is 1. The Kier molecular flexibility index (Phi) is 10.1. The molecule has 5 rings (SSSR count). The number of H-pyrrole nitrogens is 1. The van der Waals surface area contributed by atoms with Gasteiger partial charge in [0.15, 0.2) is 9.84 Å². The first-order chi connectivity index (χ1) is 21.4. The molecule has 2 heterocycles. The minimum absolute atomic E-state index is 0.0198. The molecule has 0 bridgehead atoms. The van der Waals surface area contributed by atoms with Crippen LogP contribution in [0.25, 0.3) is 17.0 Å². The predicted molar refractivity (Wildman–Crippen MR) is 171 cm³/mol. The highest BCUT2D eigenvalue weighted by Gasteiger charge is 2.35. The largest absolute Gasteiger partial charge is 0.417 e. The van der Waals surface area contributed by atoms with E-state index in [0.717, 1.165) is 25.7 Å². The van der Waals surface area contributed by atoms with E-state index in [1.54, 1.807) is 36.4 Å². The fourth-order valence-electron chi connectivity index (χ4n) is 6.75. The maximum atomic E-state index is 13.7. The van der Waals surface area contributed by atoms with Crippen molar-refractivity contribution in [1.82, 2.24) is 10.3 Å². The lowest BCUT2D eigenvalue weighted by molar-refractivity contribution is -0.136. The molecule has 1 aliphatic heterocycles. The number of aromatic nitrogens is 1. The van der Waals surface area contributed by atoms with E-state index >= 15 is 0 Å². The molecule has 0 radical (unpaired) electrons. The number of hydrogen-bond acceptors (Lipinski definition) is 5. The normalized spacial score (nSPS) is 19.9. The minimum Gasteiger partial charge on any atom is -0.366 e. The highest BCUT2D eigenvalue weighted by atomic mass is 32.2. The Bertz CT molecular complexity index is 1690. The first-order valence-electron chi connectivity index (χ1n) is 15.7. The SMILES string of the molecule is C[C@@H]1CC[C@H](CCNC(=O)C=Cc2ccc(S(=O)(=O)CCC3CCCCC3)cc2)N1c1ccc2[nH]c(=O)cc(C(F)(F)F)c2c1. The fraction of sp³-hybridized carbons (Fsp3) is 0.471. The Morgan fingerprint density at radius 1 is 1.00 bits per heavy atom. The molecule has 0 spiro atoms.